The van der Waals surface area contributed by atoms with Crippen molar-refractivity contribution >= 4 is 35.2 Å². The highest BCUT2D eigenvalue weighted by Crippen LogP contribution is 2.36. The second-order valence-corrected chi connectivity index (χ2v) is 7.91. The van der Waals surface area contributed by atoms with Gasteiger partial charge in [-0.2, -0.15) is 0 Å². The number of carbonyl (C=O) groups is 3. The Hall–Kier alpha value is -2.28. The van der Waals surface area contributed by atoms with Gasteiger partial charge in [-0.1, -0.05) is 23.8 Å². The van der Waals surface area contributed by atoms with Crippen LogP contribution in [-0.4, -0.2) is 36.2 Å². The Bertz CT molecular complexity index is 747. The van der Waals surface area contributed by atoms with E-state index in [4.69, 9.17) is 4.74 Å². The third kappa shape index (κ3) is 5.85. The van der Waals surface area contributed by atoms with Crippen LogP contribution in [0.2, 0.25) is 0 Å². The Kier molecular flexibility index (Phi) is 6.92. The third-order valence-corrected chi connectivity index (χ3v) is 5.85. The molecule has 1 aliphatic heterocycles. The molecule has 0 aromatic heterocycles. The molecule has 27 heavy (non-hydrogen) atoms. The van der Waals surface area contributed by atoms with Gasteiger partial charge < -0.3 is 15.4 Å². The van der Waals surface area contributed by atoms with Crippen LogP contribution in [0.15, 0.2) is 40.8 Å². The lowest BCUT2D eigenvalue weighted by Crippen LogP contribution is -2.33. The third-order valence-electron chi connectivity index (χ3n) is 4.58. The van der Waals surface area contributed by atoms with E-state index >= 15 is 0 Å². The number of amides is 2. The highest BCUT2D eigenvalue weighted by Gasteiger charge is 2.29. The molecule has 2 aliphatic rings. The number of nitrogens with one attached hydrogen (secondary N) is 2. The number of allylic oxidation sites excluding steroid dienone is 1. The summed E-state index contributed by atoms with van der Waals surface area (Å²) in [6, 6.07) is 7.44. The van der Waals surface area contributed by atoms with Gasteiger partial charge in [-0.05, 0) is 44.2 Å². The van der Waals surface area contributed by atoms with Crippen molar-refractivity contribution in [1.82, 2.24) is 5.32 Å². The molecule has 0 saturated carbocycles. The van der Waals surface area contributed by atoms with E-state index in [-0.39, 0.29) is 24.8 Å². The number of para-hydroxylation sites is 1. The Morgan fingerprint density at radius 1 is 1.26 bits per heavy atom. The number of rotatable bonds is 7. The van der Waals surface area contributed by atoms with Crippen LogP contribution in [0.5, 0.6) is 0 Å². The number of hydrogen-bond donors (Lipinski definition) is 2. The van der Waals surface area contributed by atoms with Crippen LogP contribution in [0, 0.1) is 0 Å². The van der Waals surface area contributed by atoms with Crippen LogP contribution >= 0.6 is 11.8 Å². The normalized spacial score (nSPS) is 18.7. The molecule has 0 fully saturated rings. The molecule has 0 saturated heterocycles. The van der Waals surface area contributed by atoms with E-state index < -0.39 is 11.2 Å². The van der Waals surface area contributed by atoms with Crippen molar-refractivity contribution in [2.75, 3.05) is 18.5 Å². The second-order valence-electron chi connectivity index (χ2n) is 6.66. The topological polar surface area (TPSA) is 84.5 Å². The minimum absolute atomic E-state index is 0.0645. The fourth-order valence-corrected chi connectivity index (χ4v) is 4.22. The first-order chi connectivity index (χ1) is 13.1. The van der Waals surface area contributed by atoms with Crippen molar-refractivity contribution in [3.05, 3.63) is 35.9 Å². The van der Waals surface area contributed by atoms with Crippen LogP contribution in [0.1, 0.15) is 38.5 Å². The Morgan fingerprint density at radius 3 is 2.93 bits per heavy atom. The Labute approximate surface area is 163 Å². The number of carbonyl (C=O) groups excluding carboxylic acids is 3. The van der Waals surface area contributed by atoms with E-state index in [9.17, 15) is 14.4 Å². The smallest absolute Gasteiger partial charge is 0.307 e. The lowest BCUT2D eigenvalue weighted by molar-refractivity contribution is -0.149. The van der Waals surface area contributed by atoms with Gasteiger partial charge in [0.05, 0.1) is 17.4 Å². The standard InChI is InChI=1S/C20H24N2O4S/c23-18(21-11-10-14-6-2-1-3-7-14)13-26-19(24)12-17-20(25)22-15-8-4-5-9-16(15)27-17/h4-6,8-9,17H,1-3,7,10-13H2,(H,21,23)(H,22,25)/t17-/m0/s1. The summed E-state index contributed by atoms with van der Waals surface area (Å²) in [5.74, 6) is -1.08. The van der Waals surface area contributed by atoms with Gasteiger partial charge in [0, 0.05) is 11.4 Å². The molecule has 0 unspecified atom stereocenters. The van der Waals surface area contributed by atoms with Gasteiger partial charge in [0.1, 0.15) is 0 Å². The SMILES string of the molecule is O=C(COC(=O)C[C@@H]1Sc2ccccc2NC1=O)NCCC1=CCCCC1. The van der Waals surface area contributed by atoms with Crippen molar-refractivity contribution < 1.29 is 19.1 Å². The number of thioether (sulfide) groups is 1. The lowest BCUT2D eigenvalue weighted by atomic mass is 9.97. The van der Waals surface area contributed by atoms with Gasteiger partial charge in [-0.15, -0.1) is 11.8 Å². The molecule has 1 heterocycles. The largest absolute Gasteiger partial charge is 0.456 e. The molecule has 1 aliphatic carbocycles. The molecule has 6 nitrogen and oxygen atoms in total. The number of ether oxygens (including phenoxy) is 1. The van der Waals surface area contributed by atoms with Gasteiger partial charge in [0.15, 0.2) is 6.61 Å². The van der Waals surface area contributed by atoms with E-state index in [1.54, 1.807) is 0 Å². The molecule has 144 valence electrons. The van der Waals surface area contributed by atoms with Crippen LogP contribution < -0.4 is 10.6 Å². The van der Waals surface area contributed by atoms with Crippen molar-refractivity contribution in [1.29, 1.82) is 0 Å². The Balaban J connectivity index is 1.36. The second kappa shape index (κ2) is 9.60. The number of benzene rings is 1. The average Bonchev–Trinajstić information content (AvgIpc) is 2.68. The monoisotopic (exact) mass is 388 g/mol. The number of anilines is 1. The first-order valence-electron chi connectivity index (χ1n) is 9.28. The van der Waals surface area contributed by atoms with Crippen molar-refractivity contribution in [3.63, 3.8) is 0 Å². The summed E-state index contributed by atoms with van der Waals surface area (Å²) < 4.78 is 5.03. The van der Waals surface area contributed by atoms with E-state index in [0.717, 1.165) is 29.8 Å². The van der Waals surface area contributed by atoms with Gasteiger partial charge in [0.25, 0.3) is 5.91 Å². The maximum Gasteiger partial charge on any atom is 0.307 e. The number of esters is 1. The predicted octanol–water partition coefficient (Wildman–Crippen LogP) is 3.04. The fraction of sp³-hybridized carbons (Fsp3) is 0.450. The van der Waals surface area contributed by atoms with E-state index in [1.807, 2.05) is 24.3 Å². The van der Waals surface area contributed by atoms with Crippen molar-refractivity contribution in [2.45, 2.75) is 48.7 Å². The van der Waals surface area contributed by atoms with Gasteiger partial charge in [0.2, 0.25) is 5.91 Å². The summed E-state index contributed by atoms with van der Waals surface area (Å²) in [5.41, 5.74) is 2.14. The first-order valence-corrected chi connectivity index (χ1v) is 10.2. The zero-order chi connectivity index (χ0) is 19.1. The first kappa shape index (κ1) is 19.5. The minimum Gasteiger partial charge on any atom is -0.456 e. The highest BCUT2D eigenvalue weighted by atomic mass is 32.2. The quantitative estimate of drug-likeness (QED) is 0.554. The summed E-state index contributed by atoms with van der Waals surface area (Å²) >= 11 is 1.34. The van der Waals surface area contributed by atoms with E-state index in [2.05, 4.69) is 16.7 Å². The number of fused-ring (bicyclic) bond motifs is 1. The molecular formula is C20H24N2O4S. The lowest BCUT2D eigenvalue weighted by Gasteiger charge is -2.23. The van der Waals surface area contributed by atoms with E-state index in [0.29, 0.717) is 6.54 Å². The molecule has 1 atom stereocenters. The average molecular weight is 388 g/mol. The minimum atomic E-state index is -0.549. The fourth-order valence-electron chi connectivity index (χ4n) is 3.13. The predicted molar refractivity (Wildman–Crippen MR) is 104 cm³/mol. The Morgan fingerprint density at radius 2 is 2.11 bits per heavy atom. The molecule has 2 amide bonds. The molecular weight excluding hydrogens is 364 g/mol. The zero-order valence-corrected chi connectivity index (χ0v) is 16.0. The van der Waals surface area contributed by atoms with Gasteiger partial charge in [-0.3, -0.25) is 14.4 Å². The zero-order valence-electron chi connectivity index (χ0n) is 15.2. The van der Waals surface area contributed by atoms with E-state index in [1.165, 1.54) is 30.2 Å². The molecule has 7 heteroatoms. The molecule has 3 rings (SSSR count). The van der Waals surface area contributed by atoms with Crippen LogP contribution in [0.25, 0.3) is 0 Å². The highest BCUT2D eigenvalue weighted by molar-refractivity contribution is 8.01. The van der Waals surface area contributed by atoms with Crippen LogP contribution in [0.3, 0.4) is 0 Å². The molecule has 0 radical (unpaired) electrons. The maximum absolute atomic E-state index is 12.1. The molecule has 0 spiro atoms. The summed E-state index contributed by atoms with van der Waals surface area (Å²) in [5, 5.41) is 5.01. The molecule has 1 aromatic carbocycles. The van der Waals surface area contributed by atoms with Crippen molar-refractivity contribution in [2.24, 2.45) is 0 Å². The summed E-state index contributed by atoms with van der Waals surface area (Å²) in [7, 11) is 0. The van der Waals surface area contributed by atoms with Crippen molar-refractivity contribution in [3.8, 4) is 0 Å². The van der Waals surface area contributed by atoms with Gasteiger partial charge >= 0.3 is 5.97 Å². The van der Waals surface area contributed by atoms with Crippen LogP contribution in [0.4, 0.5) is 5.69 Å². The maximum atomic E-state index is 12.1. The summed E-state index contributed by atoms with van der Waals surface area (Å²) in [6.45, 7) is 0.243. The molecule has 2 N–H and O–H groups in total. The molecule has 1 aromatic rings. The van der Waals surface area contributed by atoms with Crippen LogP contribution in [-0.2, 0) is 19.1 Å². The molecule has 0 bridgehead atoms. The summed E-state index contributed by atoms with van der Waals surface area (Å²) in [6.07, 6.45) is 7.72. The van der Waals surface area contributed by atoms with Gasteiger partial charge in [-0.25, -0.2) is 0 Å². The number of hydrogen-bond acceptors (Lipinski definition) is 5. The summed E-state index contributed by atoms with van der Waals surface area (Å²) in [4.78, 5) is 36.8.